The van der Waals surface area contributed by atoms with Gasteiger partial charge in [0.25, 0.3) is 0 Å². The molecule has 0 fully saturated rings. The number of carbonyl (C=O) groups excluding carboxylic acids is 2. The second-order valence-electron chi connectivity index (χ2n) is 6.28. The molecule has 6 nitrogen and oxygen atoms in total. The van der Waals surface area contributed by atoms with Crippen LogP contribution in [0.3, 0.4) is 0 Å². The van der Waals surface area contributed by atoms with Gasteiger partial charge in [-0.05, 0) is 37.6 Å². The number of hydrogen-bond donors (Lipinski definition) is 1. The van der Waals surface area contributed by atoms with Gasteiger partial charge in [-0.1, -0.05) is 25.5 Å². The van der Waals surface area contributed by atoms with Crippen molar-refractivity contribution in [3.63, 3.8) is 0 Å². The standard InChI is InChI=1S/C22H26O6/c1-4-8-17-20(12-11-16(15(2)23)21(17)24)28-14-7-13-27-19-10-6-5-9-18(19)22(25)26-3/h5-6,9-12,24H,4,7-8,13-14H2,1-3H3. The quantitative estimate of drug-likeness (QED) is 0.375. The van der Waals surface area contributed by atoms with E-state index >= 15 is 0 Å². The first kappa shape index (κ1) is 21.3. The van der Waals surface area contributed by atoms with Gasteiger partial charge in [0, 0.05) is 12.0 Å². The van der Waals surface area contributed by atoms with Gasteiger partial charge < -0.3 is 19.3 Å². The number of hydrogen-bond acceptors (Lipinski definition) is 6. The number of methoxy groups -OCH3 is 1. The zero-order valence-electron chi connectivity index (χ0n) is 16.5. The van der Waals surface area contributed by atoms with Crippen LogP contribution < -0.4 is 9.47 Å². The molecule has 0 amide bonds. The fraction of sp³-hybridized carbons (Fsp3) is 0.364. The van der Waals surface area contributed by atoms with Crippen LogP contribution >= 0.6 is 0 Å². The van der Waals surface area contributed by atoms with Crippen LogP contribution in [-0.4, -0.2) is 37.2 Å². The summed E-state index contributed by atoms with van der Waals surface area (Å²) in [5, 5.41) is 10.4. The summed E-state index contributed by atoms with van der Waals surface area (Å²) >= 11 is 0. The zero-order chi connectivity index (χ0) is 20.5. The molecule has 0 spiro atoms. The van der Waals surface area contributed by atoms with Gasteiger partial charge >= 0.3 is 5.97 Å². The molecule has 0 aliphatic rings. The Morgan fingerprint density at radius 2 is 1.64 bits per heavy atom. The van der Waals surface area contributed by atoms with Crippen LogP contribution in [0.25, 0.3) is 0 Å². The van der Waals surface area contributed by atoms with Crippen LogP contribution in [0, 0.1) is 0 Å². The van der Waals surface area contributed by atoms with Crippen LogP contribution in [0.1, 0.15) is 53.0 Å². The lowest BCUT2D eigenvalue weighted by molar-refractivity contribution is 0.0595. The molecule has 150 valence electrons. The van der Waals surface area contributed by atoms with Gasteiger partial charge in [-0.15, -0.1) is 0 Å². The van der Waals surface area contributed by atoms with E-state index in [1.54, 1.807) is 36.4 Å². The van der Waals surface area contributed by atoms with E-state index < -0.39 is 5.97 Å². The molecule has 1 N–H and O–H groups in total. The molecule has 0 radical (unpaired) electrons. The number of ketones is 1. The van der Waals surface area contributed by atoms with Crippen molar-refractivity contribution >= 4 is 11.8 Å². The summed E-state index contributed by atoms with van der Waals surface area (Å²) in [7, 11) is 1.33. The first-order chi connectivity index (χ1) is 13.5. The molecule has 2 aromatic rings. The molecule has 0 aliphatic heterocycles. The average Bonchev–Trinajstić information content (AvgIpc) is 2.69. The number of phenolic OH excluding ortho intramolecular Hbond substituents is 1. The fourth-order valence-electron chi connectivity index (χ4n) is 2.82. The summed E-state index contributed by atoms with van der Waals surface area (Å²) in [4.78, 5) is 23.4. The molecular formula is C22H26O6. The Balaban J connectivity index is 1.95. The molecule has 0 aromatic heterocycles. The van der Waals surface area contributed by atoms with Crippen molar-refractivity contribution in [3.05, 3.63) is 53.1 Å². The van der Waals surface area contributed by atoms with Crippen molar-refractivity contribution in [1.29, 1.82) is 0 Å². The first-order valence-electron chi connectivity index (χ1n) is 9.28. The number of phenols is 1. The molecule has 0 aliphatic carbocycles. The lowest BCUT2D eigenvalue weighted by Gasteiger charge is -2.15. The van der Waals surface area contributed by atoms with Crippen LogP contribution in [0.2, 0.25) is 0 Å². The largest absolute Gasteiger partial charge is 0.507 e. The Morgan fingerprint density at radius 1 is 0.964 bits per heavy atom. The Hall–Kier alpha value is -3.02. The molecule has 2 aromatic carbocycles. The summed E-state index contributed by atoms with van der Waals surface area (Å²) < 4.78 is 16.2. The predicted molar refractivity (Wildman–Crippen MR) is 105 cm³/mol. The maximum Gasteiger partial charge on any atom is 0.341 e. The molecule has 0 atom stereocenters. The second-order valence-corrected chi connectivity index (χ2v) is 6.28. The average molecular weight is 386 g/mol. The zero-order valence-corrected chi connectivity index (χ0v) is 16.5. The highest BCUT2D eigenvalue weighted by molar-refractivity contribution is 5.97. The van der Waals surface area contributed by atoms with E-state index in [1.165, 1.54) is 14.0 Å². The summed E-state index contributed by atoms with van der Waals surface area (Å²) in [5.41, 5.74) is 1.33. The summed E-state index contributed by atoms with van der Waals surface area (Å²) in [6, 6.07) is 10.2. The minimum Gasteiger partial charge on any atom is -0.507 e. The van der Waals surface area contributed by atoms with Crippen molar-refractivity contribution < 1.29 is 28.9 Å². The molecule has 0 bridgehead atoms. The van der Waals surface area contributed by atoms with Gasteiger partial charge in [-0.25, -0.2) is 4.79 Å². The maximum absolute atomic E-state index is 11.7. The molecule has 0 heterocycles. The number of rotatable bonds is 10. The van der Waals surface area contributed by atoms with E-state index in [2.05, 4.69) is 0 Å². The van der Waals surface area contributed by atoms with Crippen LogP contribution in [-0.2, 0) is 11.2 Å². The summed E-state index contributed by atoms with van der Waals surface area (Å²) in [6.45, 7) is 4.15. The molecular weight excluding hydrogens is 360 g/mol. The first-order valence-corrected chi connectivity index (χ1v) is 9.28. The van der Waals surface area contributed by atoms with Gasteiger partial charge in [-0.3, -0.25) is 4.79 Å². The number of benzene rings is 2. The van der Waals surface area contributed by atoms with Gasteiger partial charge in [0.15, 0.2) is 5.78 Å². The maximum atomic E-state index is 11.7. The minimum absolute atomic E-state index is 0.00453. The van der Waals surface area contributed by atoms with Crippen LogP contribution in [0.5, 0.6) is 17.2 Å². The van der Waals surface area contributed by atoms with E-state index in [-0.39, 0.29) is 11.5 Å². The van der Waals surface area contributed by atoms with Crippen molar-refractivity contribution in [2.45, 2.75) is 33.1 Å². The number of esters is 1. The normalized spacial score (nSPS) is 10.4. The lowest BCUT2D eigenvalue weighted by atomic mass is 10.0. The molecule has 0 saturated heterocycles. The topological polar surface area (TPSA) is 82.1 Å². The van der Waals surface area contributed by atoms with E-state index in [0.29, 0.717) is 54.2 Å². The third-order valence-corrected chi connectivity index (χ3v) is 4.22. The molecule has 28 heavy (non-hydrogen) atoms. The van der Waals surface area contributed by atoms with E-state index in [1.807, 2.05) is 6.92 Å². The van der Waals surface area contributed by atoms with Crippen molar-refractivity contribution in [2.75, 3.05) is 20.3 Å². The summed E-state index contributed by atoms with van der Waals surface area (Å²) in [6.07, 6.45) is 2.01. The van der Waals surface area contributed by atoms with E-state index in [0.717, 1.165) is 6.42 Å². The highest BCUT2D eigenvalue weighted by Crippen LogP contribution is 2.33. The molecule has 0 unspecified atom stereocenters. The lowest BCUT2D eigenvalue weighted by Crippen LogP contribution is -2.09. The van der Waals surface area contributed by atoms with Crippen LogP contribution in [0.15, 0.2) is 36.4 Å². The number of para-hydroxylation sites is 1. The Labute approximate surface area is 165 Å². The molecule has 2 rings (SSSR count). The van der Waals surface area contributed by atoms with Crippen molar-refractivity contribution in [3.8, 4) is 17.2 Å². The SMILES string of the molecule is CCCc1c(OCCCOc2ccccc2C(=O)OC)ccc(C(C)=O)c1O. The fourth-order valence-corrected chi connectivity index (χ4v) is 2.82. The Morgan fingerprint density at radius 3 is 2.29 bits per heavy atom. The van der Waals surface area contributed by atoms with Gasteiger partial charge in [0.05, 0.1) is 25.9 Å². The Bertz CT molecular complexity index is 828. The number of aromatic hydroxyl groups is 1. The van der Waals surface area contributed by atoms with Gasteiger partial charge in [0.1, 0.15) is 22.8 Å². The van der Waals surface area contributed by atoms with Crippen LogP contribution in [0.4, 0.5) is 0 Å². The van der Waals surface area contributed by atoms with E-state index in [4.69, 9.17) is 14.2 Å². The Kier molecular flexibility index (Phi) is 7.87. The van der Waals surface area contributed by atoms with E-state index in [9.17, 15) is 14.7 Å². The monoisotopic (exact) mass is 386 g/mol. The molecule has 0 saturated carbocycles. The molecule has 6 heteroatoms. The highest BCUT2D eigenvalue weighted by Gasteiger charge is 2.16. The second kappa shape index (κ2) is 10.3. The smallest absolute Gasteiger partial charge is 0.341 e. The highest BCUT2D eigenvalue weighted by atomic mass is 16.5. The van der Waals surface area contributed by atoms with Crippen molar-refractivity contribution in [1.82, 2.24) is 0 Å². The third kappa shape index (κ3) is 5.25. The summed E-state index contributed by atoms with van der Waals surface area (Å²) in [5.74, 6) is 0.398. The van der Waals surface area contributed by atoms with Gasteiger partial charge in [0.2, 0.25) is 0 Å². The van der Waals surface area contributed by atoms with Gasteiger partial charge in [-0.2, -0.15) is 0 Å². The predicted octanol–water partition coefficient (Wildman–Crippen LogP) is 4.18. The number of Topliss-reactive ketones (excluding diaryl/α,β-unsaturated/α-hetero) is 1. The number of ether oxygens (including phenoxy) is 3. The number of carbonyl (C=O) groups is 2. The van der Waals surface area contributed by atoms with Crippen molar-refractivity contribution in [2.24, 2.45) is 0 Å². The minimum atomic E-state index is -0.447. The third-order valence-electron chi connectivity index (χ3n) is 4.22.